The van der Waals surface area contributed by atoms with Gasteiger partial charge in [-0.3, -0.25) is 4.79 Å². The number of anilines is 1. The van der Waals surface area contributed by atoms with Crippen molar-refractivity contribution in [3.63, 3.8) is 0 Å². The zero-order valence-electron chi connectivity index (χ0n) is 11.5. The van der Waals surface area contributed by atoms with Crippen molar-refractivity contribution >= 4 is 11.6 Å². The molecule has 3 heteroatoms. The van der Waals surface area contributed by atoms with E-state index in [4.69, 9.17) is 0 Å². The molecule has 19 heavy (non-hydrogen) atoms. The summed E-state index contributed by atoms with van der Waals surface area (Å²) in [6, 6.07) is 7.86. The molecule has 1 aliphatic carbocycles. The predicted octanol–water partition coefficient (Wildman–Crippen LogP) is 2.88. The average Bonchev–Trinajstić information content (AvgIpc) is 2.40. The SMILES string of the molecule is Cc1cccc(NC(=O)CNCC2CC=CCC2)c1. The van der Waals surface area contributed by atoms with E-state index in [1.165, 1.54) is 12.8 Å². The van der Waals surface area contributed by atoms with Crippen molar-refractivity contribution in [3.8, 4) is 0 Å². The number of aryl methyl sites for hydroxylation is 1. The first-order chi connectivity index (χ1) is 9.24. The van der Waals surface area contributed by atoms with Gasteiger partial charge in [0, 0.05) is 5.69 Å². The molecule has 0 saturated heterocycles. The third kappa shape index (κ3) is 4.87. The van der Waals surface area contributed by atoms with E-state index >= 15 is 0 Å². The summed E-state index contributed by atoms with van der Waals surface area (Å²) in [6.07, 6.45) is 8.00. The molecular formula is C16H22N2O. The van der Waals surface area contributed by atoms with Gasteiger partial charge in [-0.2, -0.15) is 0 Å². The summed E-state index contributed by atoms with van der Waals surface area (Å²) in [4.78, 5) is 11.8. The minimum Gasteiger partial charge on any atom is -0.325 e. The lowest BCUT2D eigenvalue weighted by Crippen LogP contribution is -2.32. The van der Waals surface area contributed by atoms with Crippen molar-refractivity contribution in [1.29, 1.82) is 0 Å². The molecule has 0 aromatic heterocycles. The standard InChI is InChI=1S/C16H22N2O/c1-13-6-5-9-15(10-13)18-16(19)12-17-11-14-7-3-2-4-8-14/h2-3,5-6,9-10,14,17H,4,7-8,11-12H2,1H3,(H,18,19). The molecule has 0 saturated carbocycles. The Morgan fingerprint density at radius 1 is 1.37 bits per heavy atom. The van der Waals surface area contributed by atoms with Crippen LogP contribution >= 0.6 is 0 Å². The van der Waals surface area contributed by atoms with E-state index in [2.05, 4.69) is 22.8 Å². The maximum absolute atomic E-state index is 11.8. The van der Waals surface area contributed by atoms with Gasteiger partial charge in [-0.25, -0.2) is 0 Å². The van der Waals surface area contributed by atoms with Crippen LogP contribution < -0.4 is 10.6 Å². The van der Waals surface area contributed by atoms with Crippen LogP contribution in [0.3, 0.4) is 0 Å². The van der Waals surface area contributed by atoms with Crippen LogP contribution in [0.25, 0.3) is 0 Å². The second-order valence-corrected chi connectivity index (χ2v) is 5.20. The Bertz CT molecular complexity index is 454. The maximum atomic E-state index is 11.8. The van der Waals surface area contributed by atoms with Crippen LogP contribution in [-0.2, 0) is 4.79 Å². The number of hydrogen-bond acceptors (Lipinski definition) is 2. The fourth-order valence-corrected chi connectivity index (χ4v) is 2.36. The molecule has 1 aliphatic rings. The lowest BCUT2D eigenvalue weighted by Gasteiger charge is -2.18. The summed E-state index contributed by atoms with van der Waals surface area (Å²) < 4.78 is 0. The molecule has 0 heterocycles. The highest BCUT2D eigenvalue weighted by Crippen LogP contribution is 2.16. The topological polar surface area (TPSA) is 41.1 Å². The first kappa shape index (κ1) is 13.8. The summed E-state index contributed by atoms with van der Waals surface area (Å²) in [7, 11) is 0. The van der Waals surface area contributed by atoms with Crippen molar-refractivity contribution in [2.75, 3.05) is 18.4 Å². The van der Waals surface area contributed by atoms with Gasteiger partial charge in [-0.05, 0) is 56.3 Å². The van der Waals surface area contributed by atoms with E-state index in [9.17, 15) is 4.79 Å². The second-order valence-electron chi connectivity index (χ2n) is 5.20. The van der Waals surface area contributed by atoms with Crippen LogP contribution in [-0.4, -0.2) is 19.0 Å². The Hall–Kier alpha value is -1.61. The lowest BCUT2D eigenvalue weighted by molar-refractivity contribution is -0.115. The summed E-state index contributed by atoms with van der Waals surface area (Å²) in [5.74, 6) is 0.703. The monoisotopic (exact) mass is 258 g/mol. The molecule has 1 amide bonds. The van der Waals surface area contributed by atoms with Crippen molar-refractivity contribution in [1.82, 2.24) is 5.32 Å². The fourth-order valence-electron chi connectivity index (χ4n) is 2.36. The highest BCUT2D eigenvalue weighted by Gasteiger charge is 2.10. The number of rotatable bonds is 5. The van der Waals surface area contributed by atoms with Crippen molar-refractivity contribution in [2.24, 2.45) is 5.92 Å². The molecule has 1 unspecified atom stereocenters. The summed E-state index contributed by atoms with van der Waals surface area (Å²) in [6.45, 7) is 3.32. The molecule has 0 aliphatic heterocycles. The molecule has 0 radical (unpaired) electrons. The van der Waals surface area contributed by atoms with E-state index in [-0.39, 0.29) is 5.91 Å². The quantitative estimate of drug-likeness (QED) is 0.797. The molecule has 102 valence electrons. The Kier molecular flexibility index (Phi) is 5.16. The Morgan fingerprint density at radius 3 is 3.00 bits per heavy atom. The molecule has 0 bridgehead atoms. The Morgan fingerprint density at radius 2 is 2.26 bits per heavy atom. The van der Waals surface area contributed by atoms with Gasteiger partial charge in [-0.15, -0.1) is 0 Å². The average molecular weight is 258 g/mol. The Balaban J connectivity index is 1.68. The molecule has 3 nitrogen and oxygen atoms in total. The van der Waals surface area contributed by atoms with E-state index in [0.29, 0.717) is 12.5 Å². The van der Waals surface area contributed by atoms with Crippen LogP contribution in [0.1, 0.15) is 24.8 Å². The number of hydrogen-bond donors (Lipinski definition) is 2. The van der Waals surface area contributed by atoms with Crippen LogP contribution in [0, 0.1) is 12.8 Å². The van der Waals surface area contributed by atoms with Crippen molar-refractivity contribution in [2.45, 2.75) is 26.2 Å². The van der Waals surface area contributed by atoms with Gasteiger partial charge in [0.05, 0.1) is 6.54 Å². The third-order valence-electron chi connectivity index (χ3n) is 3.40. The van der Waals surface area contributed by atoms with Crippen LogP contribution in [0.15, 0.2) is 36.4 Å². The molecule has 1 atom stereocenters. The van der Waals surface area contributed by atoms with Gasteiger partial charge >= 0.3 is 0 Å². The minimum atomic E-state index is 0.0250. The molecular weight excluding hydrogens is 236 g/mol. The van der Waals surface area contributed by atoms with Gasteiger partial charge in [0.25, 0.3) is 0 Å². The van der Waals surface area contributed by atoms with Crippen molar-refractivity contribution in [3.05, 3.63) is 42.0 Å². The molecule has 1 aromatic carbocycles. The molecule has 1 aromatic rings. The number of amides is 1. The number of nitrogens with one attached hydrogen (secondary N) is 2. The van der Waals surface area contributed by atoms with Crippen LogP contribution in [0.2, 0.25) is 0 Å². The number of benzene rings is 1. The van der Waals surface area contributed by atoms with Crippen molar-refractivity contribution < 1.29 is 4.79 Å². The fraction of sp³-hybridized carbons (Fsp3) is 0.438. The van der Waals surface area contributed by atoms with Crippen LogP contribution in [0.5, 0.6) is 0 Å². The smallest absolute Gasteiger partial charge is 0.238 e. The number of carbonyl (C=O) groups is 1. The summed E-state index contributed by atoms with van der Waals surface area (Å²) in [5.41, 5.74) is 2.02. The van der Waals surface area contributed by atoms with E-state index in [0.717, 1.165) is 24.2 Å². The van der Waals surface area contributed by atoms with Crippen LogP contribution in [0.4, 0.5) is 5.69 Å². The third-order valence-corrected chi connectivity index (χ3v) is 3.40. The van der Waals surface area contributed by atoms with Gasteiger partial charge in [0.1, 0.15) is 0 Å². The second kappa shape index (κ2) is 7.10. The van der Waals surface area contributed by atoms with Gasteiger partial charge < -0.3 is 10.6 Å². The first-order valence-corrected chi connectivity index (χ1v) is 6.96. The highest BCUT2D eigenvalue weighted by molar-refractivity contribution is 5.92. The summed E-state index contributed by atoms with van der Waals surface area (Å²) in [5, 5.41) is 6.15. The first-order valence-electron chi connectivity index (χ1n) is 6.96. The predicted molar refractivity (Wildman–Crippen MR) is 79.2 cm³/mol. The Labute approximate surface area is 115 Å². The maximum Gasteiger partial charge on any atom is 0.238 e. The highest BCUT2D eigenvalue weighted by atomic mass is 16.1. The number of allylic oxidation sites excluding steroid dienone is 2. The van der Waals surface area contributed by atoms with Gasteiger partial charge in [0.15, 0.2) is 0 Å². The van der Waals surface area contributed by atoms with E-state index in [1.807, 2.05) is 31.2 Å². The number of carbonyl (C=O) groups excluding carboxylic acids is 1. The lowest BCUT2D eigenvalue weighted by atomic mass is 9.94. The minimum absolute atomic E-state index is 0.0250. The summed E-state index contributed by atoms with van der Waals surface area (Å²) >= 11 is 0. The largest absolute Gasteiger partial charge is 0.325 e. The molecule has 2 N–H and O–H groups in total. The zero-order chi connectivity index (χ0) is 13.5. The zero-order valence-corrected chi connectivity index (χ0v) is 11.5. The van der Waals surface area contributed by atoms with Gasteiger partial charge in [-0.1, -0.05) is 24.3 Å². The molecule has 0 fully saturated rings. The normalized spacial score (nSPS) is 18.3. The van der Waals surface area contributed by atoms with Gasteiger partial charge in [0.2, 0.25) is 5.91 Å². The molecule has 2 rings (SSSR count). The van der Waals surface area contributed by atoms with E-state index in [1.54, 1.807) is 0 Å². The van der Waals surface area contributed by atoms with E-state index < -0.39 is 0 Å². The molecule has 0 spiro atoms.